The highest BCUT2D eigenvalue weighted by molar-refractivity contribution is 9.10. The molecule has 0 spiro atoms. The van der Waals surface area contributed by atoms with E-state index in [0.29, 0.717) is 24.6 Å². The van der Waals surface area contributed by atoms with Crippen LogP contribution in [0.4, 0.5) is 0 Å². The summed E-state index contributed by atoms with van der Waals surface area (Å²) in [5.41, 5.74) is 1.10. The molecule has 17 heavy (non-hydrogen) atoms. The molecule has 1 heterocycles. The van der Waals surface area contributed by atoms with Gasteiger partial charge in [0.05, 0.1) is 12.5 Å². The van der Waals surface area contributed by atoms with E-state index < -0.39 is 6.10 Å². The van der Waals surface area contributed by atoms with E-state index in [9.17, 15) is 5.11 Å². The Bertz CT molecular complexity index is 497. The predicted molar refractivity (Wildman–Crippen MR) is 66.6 cm³/mol. The van der Waals surface area contributed by atoms with Crippen LogP contribution in [0.5, 0.6) is 0 Å². The largest absolute Gasteiger partial charge is 0.393 e. The maximum atomic E-state index is 9.22. The summed E-state index contributed by atoms with van der Waals surface area (Å²) in [5.74, 6) is 1.11. The number of aromatic nitrogens is 2. The summed E-state index contributed by atoms with van der Waals surface area (Å²) in [6, 6.07) is 7.90. The summed E-state index contributed by atoms with van der Waals surface area (Å²) in [5, 5.41) is 13.0. The summed E-state index contributed by atoms with van der Waals surface area (Å²) in [7, 11) is 0. The van der Waals surface area contributed by atoms with Gasteiger partial charge in [-0.15, -0.1) is 0 Å². The first kappa shape index (κ1) is 12.3. The lowest BCUT2D eigenvalue weighted by Crippen LogP contribution is -2.05. The molecule has 0 radical (unpaired) electrons. The van der Waals surface area contributed by atoms with Crippen molar-refractivity contribution in [3.63, 3.8) is 0 Å². The smallest absolute Gasteiger partial charge is 0.231 e. The molecule has 0 amide bonds. The van der Waals surface area contributed by atoms with Crippen molar-refractivity contribution in [3.8, 4) is 0 Å². The van der Waals surface area contributed by atoms with E-state index in [2.05, 4.69) is 26.1 Å². The number of nitrogens with zero attached hydrogens (tertiary/aromatic N) is 2. The zero-order chi connectivity index (χ0) is 12.3. The lowest BCUT2D eigenvalue weighted by Gasteiger charge is -1.99. The van der Waals surface area contributed by atoms with Crippen LogP contribution in [-0.4, -0.2) is 21.4 Å². The minimum Gasteiger partial charge on any atom is -0.393 e. The van der Waals surface area contributed by atoms with Crippen molar-refractivity contribution in [2.75, 3.05) is 0 Å². The molecule has 4 nitrogen and oxygen atoms in total. The molecule has 1 aromatic heterocycles. The summed E-state index contributed by atoms with van der Waals surface area (Å²) in [4.78, 5) is 4.23. The van der Waals surface area contributed by atoms with Crippen LogP contribution in [0.3, 0.4) is 0 Å². The Balaban J connectivity index is 2.09. The molecule has 0 fully saturated rings. The number of aliphatic hydroxyl groups excluding tert-OH is 1. The molecule has 0 aliphatic heterocycles. The molecule has 0 bridgehead atoms. The van der Waals surface area contributed by atoms with E-state index in [-0.39, 0.29) is 0 Å². The second kappa shape index (κ2) is 5.42. The molecule has 1 unspecified atom stereocenters. The predicted octanol–water partition coefficient (Wildman–Crippen LogP) is 2.35. The van der Waals surface area contributed by atoms with Gasteiger partial charge in [0.15, 0.2) is 5.82 Å². The lowest BCUT2D eigenvalue weighted by molar-refractivity contribution is 0.191. The molecule has 90 valence electrons. The topological polar surface area (TPSA) is 59.2 Å². The molecule has 5 heteroatoms. The molecule has 2 aromatic rings. The van der Waals surface area contributed by atoms with Gasteiger partial charge >= 0.3 is 0 Å². The molecule has 1 N–H and O–H groups in total. The fraction of sp³-hybridized carbons (Fsp3) is 0.333. The first-order valence-electron chi connectivity index (χ1n) is 5.38. The Morgan fingerprint density at radius 2 is 2.18 bits per heavy atom. The first-order chi connectivity index (χ1) is 8.15. The summed E-state index contributed by atoms with van der Waals surface area (Å²) < 4.78 is 6.15. The number of hydrogen-bond acceptors (Lipinski definition) is 4. The van der Waals surface area contributed by atoms with E-state index in [1.54, 1.807) is 6.92 Å². The maximum absolute atomic E-state index is 9.22. The Hall–Kier alpha value is -1.20. The maximum Gasteiger partial charge on any atom is 0.231 e. The highest BCUT2D eigenvalue weighted by atomic mass is 79.9. The highest BCUT2D eigenvalue weighted by Crippen LogP contribution is 2.18. The number of benzene rings is 1. The van der Waals surface area contributed by atoms with E-state index in [1.807, 2.05) is 24.3 Å². The molecule has 0 saturated carbocycles. The van der Waals surface area contributed by atoms with Gasteiger partial charge < -0.3 is 9.63 Å². The molecule has 1 atom stereocenters. The van der Waals surface area contributed by atoms with Crippen LogP contribution < -0.4 is 0 Å². The van der Waals surface area contributed by atoms with Gasteiger partial charge in [-0.3, -0.25) is 0 Å². The average Bonchev–Trinajstić information content (AvgIpc) is 2.68. The van der Waals surface area contributed by atoms with E-state index in [1.165, 1.54) is 0 Å². The van der Waals surface area contributed by atoms with E-state index in [0.717, 1.165) is 10.0 Å². The van der Waals surface area contributed by atoms with Gasteiger partial charge in [0.2, 0.25) is 5.89 Å². The van der Waals surface area contributed by atoms with Gasteiger partial charge in [0.25, 0.3) is 0 Å². The Kier molecular flexibility index (Phi) is 3.91. The van der Waals surface area contributed by atoms with Crippen molar-refractivity contribution in [2.24, 2.45) is 0 Å². The Morgan fingerprint density at radius 3 is 2.88 bits per heavy atom. The van der Waals surface area contributed by atoms with Gasteiger partial charge in [0, 0.05) is 10.9 Å². The zero-order valence-electron chi connectivity index (χ0n) is 9.43. The van der Waals surface area contributed by atoms with Crippen molar-refractivity contribution in [1.29, 1.82) is 0 Å². The molecule has 1 aromatic carbocycles. The average molecular weight is 297 g/mol. The molecular weight excluding hydrogens is 284 g/mol. The fourth-order valence-electron chi connectivity index (χ4n) is 1.51. The van der Waals surface area contributed by atoms with Crippen LogP contribution >= 0.6 is 15.9 Å². The minimum absolute atomic E-state index is 0.416. The number of halogens is 1. The number of hydrogen-bond donors (Lipinski definition) is 1. The third-order valence-corrected chi connectivity index (χ3v) is 3.06. The van der Waals surface area contributed by atoms with Crippen molar-refractivity contribution in [2.45, 2.75) is 25.9 Å². The quantitative estimate of drug-likeness (QED) is 0.941. The second-order valence-corrected chi connectivity index (χ2v) is 4.78. The molecular formula is C12H13BrN2O2. The van der Waals surface area contributed by atoms with Gasteiger partial charge in [-0.1, -0.05) is 39.3 Å². The second-order valence-electron chi connectivity index (χ2n) is 3.93. The van der Waals surface area contributed by atoms with Crippen molar-refractivity contribution in [3.05, 3.63) is 46.0 Å². The van der Waals surface area contributed by atoms with Gasteiger partial charge in [-0.05, 0) is 18.6 Å². The van der Waals surface area contributed by atoms with Crippen LogP contribution in [0.15, 0.2) is 33.3 Å². The Labute approximate surface area is 108 Å². The normalized spacial score (nSPS) is 12.6. The SMILES string of the molecule is CC(O)Cc1noc(Cc2ccccc2Br)n1. The minimum atomic E-state index is -0.455. The monoisotopic (exact) mass is 296 g/mol. The van der Waals surface area contributed by atoms with Crippen molar-refractivity contribution < 1.29 is 9.63 Å². The lowest BCUT2D eigenvalue weighted by atomic mass is 10.1. The van der Waals surface area contributed by atoms with E-state index >= 15 is 0 Å². The first-order valence-corrected chi connectivity index (χ1v) is 6.17. The van der Waals surface area contributed by atoms with Crippen LogP contribution in [0, 0.1) is 0 Å². The van der Waals surface area contributed by atoms with E-state index in [4.69, 9.17) is 4.52 Å². The molecule has 0 aliphatic rings. The summed E-state index contributed by atoms with van der Waals surface area (Å²) in [6.07, 6.45) is 0.553. The van der Waals surface area contributed by atoms with Crippen LogP contribution in [0.25, 0.3) is 0 Å². The van der Waals surface area contributed by atoms with Crippen LogP contribution in [0.1, 0.15) is 24.2 Å². The zero-order valence-corrected chi connectivity index (χ0v) is 11.0. The number of aliphatic hydroxyl groups is 1. The molecule has 2 rings (SSSR count). The molecule has 0 aliphatic carbocycles. The van der Waals surface area contributed by atoms with Gasteiger partial charge in [-0.2, -0.15) is 4.98 Å². The summed E-state index contributed by atoms with van der Waals surface area (Å²) >= 11 is 3.47. The summed E-state index contributed by atoms with van der Waals surface area (Å²) in [6.45, 7) is 1.70. The highest BCUT2D eigenvalue weighted by Gasteiger charge is 2.10. The third-order valence-electron chi connectivity index (χ3n) is 2.29. The van der Waals surface area contributed by atoms with Crippen molar-refractivity contribution >= 4 is 15.9 Å². The van der Waals surface area contributed by atoms with Crippen LogP contribution in [-0.2, 0) is 12.8 Å². The van der Waals surface area contributed by atoms with Gasteiger partial charge in [0.1, 0.15) is 0 Å². The fourth-order valence-corrected chi connectivity index (χ4v) is 1.94. The van der Waals surface area contributed by atoms with Crippen LogP contribution in [0.2, 0.25) is 0 Å². The Morgan fingerprint density at radius 1 is 1.41 bits per heavy atom. The molecule has 0 saturated heterocycles. The van der Waals surface area contributed by atoms with Crippen molar-refractivity contribution in [1.82, 2.24) is 10.1 Å². The third kappa shape index (κ3) is 3.38. The van der Waals surface area contributed by atoms with Gasteiger partial charge in [-0.25, -0.2) is 0 Å². The number of rotatable bonds is 4. The standard InChI is InChI=1S/C12H13BrN2O2/c1-8(16)6-11-14-12(17-15-11)7-9-4-2-3-5-10(9)13/h2-5,8,16H,6-7H2,1H3.